The van der Waals surface area contributed by atoms with E-state index >= 15 is 0 Å². The first-order valence-electron chi connectivity index (χ1n) is 6.85. The highest BCUT2D eigenvalue weighted by atomic mass is 79.9. The van der Waals surface area contributed by atoms with Gasteiger partial charge in [-0.1, -0.05) is 11.6 Å². The van der Waals surface area contributed by atoms with Crippen LogP contribution in [0.1, 0.15) is 5.56 Å². The van der Waals surface area contributed by atoms with Gasteiger partial charge in [0, 0.05) is 28.4 Å². The molecule has 10 heteroatoms. The highest BCUT2D eigenvalue weighted by Crippen LogP contribution is 2.31. The van der Waals surface area contributed by atoms with Crippen LogP contribution in [0.5, 0.6) is 5.75 Å². The number of halogens is 2. The van der Waals surface area contributed by atoms with Crippen molar-refractivity contribution in [3.8, 4) is 5.75 Å². The van der Waals surface area contributed by atoms with Crippen molar-refractivity contribution in [2.45, 2.75) is 0 Å². The second kappa shape index (κ2) is 8.45. The number of amides is 1. The number of hydrazone groups is 1. The minimum atomic E-state index is -0.601. The molecule has 0 bridgehead atoms. The first-order chi connectivity index (χ1) is 11.9. The van der Waals surface area contributed by atoms with Gasteiger partial charge < -0.3 is 10.4 Å². The average Bonchev–Trinajstić information content (AvgIpc) is 2.57. The summed E-state index contributed by atoms with van der Waals surface area (Å²) in [5, 5.41) is 27.8. The highest BCUT2D eigenvalue weighted by Gasteiger charge is 2.13. The molecule has 2 aromatic carbocycles. The van der Waals surface area contributed by atoms with Crippen LogP contribution in [0.4, 0.5) is 11.4 Å². The van der Waals surface area contributed by atoms with Gasteiger partial charge in [-0.25, -0.2) is 5.43 Å². The zero-order valence-electron chi connectivity index (χ0n) is 12.6. The van der Waals surface area contributed by atoms with Crippen LogP contribution in [-0.4, -0.2) is 28.7 Å². The first kappa shape index (κ1) is 18.7. The summed E-state index contributed by atoms with van der Waals surface area (Å²) in [7, 11) is 0. The van der Waals surface area contributed by atoms with Gasteiger partial charge in [0.15, 0.2) is 0 Å². The van der Waals surface area contributed by atoms with Crippen molar-refractivity contribution in [1.29, 1.82) is 0 Å². The third-order valence-electron chi connectivity index (χ3n) is 2.98. The van der Waals surface area contributed by atoms with Gasteiger partial charge in [-0.05, 0) is 40.2 Å². The lowest BCUT2D eigenvalue weighted by Crippen LogP contribution is -2.25. The van der Waals surface area contributed by atoms with Crippen LogP contribution in [-0.2, 0) is 4.79 Å². The molecule has 8 nitrogen and oxygen atoms in total. The molecule has 2 aromatic rings. The Morgan fingerprint density at radius 1 is 1.36 bits per heavy atom. The first-order valence-corrected chi connectivity index (χ1v) is 8.02. The van der Waals surface area contributed by atoms with Gasteiger partial charge in [0.25, 0.3) is 11.6 Å². The lowest BCUT2D eigenvalue weighted by molar-refractivity contribution is -0.385. The molecule has 0 atom stereocenters. The van der Waals surface area contributed by atoms with Crippen molar-refractivity contribution >= 4 is 51.0 Å². The molecule has 3 N–H and O–H groups in total. The number of rotatable bonds is 6. The molecule has 0 heterocycles. The average molecular weight is 428 g/mol. The minimum Gasteiger partial charge on any atom is -0.506 e. The number of aromatic hydroxyl groups is 1. The third kappa shape index (κ3) is 5.44. The predicted molar refractivity (Wildman–Crippen MR) is 98.1 cm³/mol. The van der Waals surface area contributed by atoms with E-state index in [0.29, 0.717) is 10.7 Å². The fraction of sp³-hybridized carbons (Fsp3) is 0.0667. The Morgan fingerprint density at radius 3 is 2.68 bits per heavy atom. The second-order valence-corrected chi connectivity index (χ2v) is 6.07. The standard InChI is InChI=1S/C15H12BrClN4O4/c16-13-6-12(21(24)25)5-9(15(13)23)7-19-20-14(22)8-18-11-3-1-10(17)2-4-11/h1-7,18,23H,8H2,(H,20,22)/b19-7-. The maximum atomic E-state index is 11.7. The number of phenolic OH excluding ortho intramolecular Hbond substituents is 1. The van der Waals surface area contributed by atoms with E-state index in [-0.39, 0.29) is 28.0 Å². The lowest BCUT2D eigenvalue weighted by atomic mass is 10.2. The number of phenols is 1. The van der Waals surface area contributed by atoms with Gasteiger partial charge in [-0.3, -0.25) is 14.9 Å². The van der Waals surface area contributed by atoms with E-state index in [0.717, 1.165) is 12.3 Å². The van der Waals surface area contributed by atoms with Crippen LogP contribution in [0.25, 0.3) is 0 Å². The molecule has 0 fully saturated rings. The van der Waals surface area contributed by atoms with Crippen LogP contribution >= 0.6 is 27.5 Å². The maximum absolute atomic E-state index is 11.7. The van der Waals surface area contributed by atoms with E-state index in [4.69, 9.17) is 11.6 Å². The van der Waals surface area contributed by atoms with Crippen molar-refractivity contribution < 1.29 is 14.8 Å². The van der Waals surface area contributed by atoms with E-state index in [9.17, 15) is 20.0 Å². The van der Waals surface area contributed by atoms with Gasteiger partial charge in [-0.2, -0.15) is 5.10 Å². The maximum Gasteiger partial charge on any atom is 0.271 e. The fourth-order valence-corrected chi connectivity index (χ4v) is 2.36. The molecular weight excluding hydrogens is 416 g/mol. The Bertz CT molecular complexity index is 827. The number of benzene rings is 2. The Morgan fingerprint density at radius 2 is 2.04 bits per heavy atom. The van der Waals surface area contributed by atoms with Gasteiger partial charge >= 0.3 is 0 Å². The second-order valence-electron chi connectivity index (χ2n) is 4.78. The Kier molecular flexibility index (Phi) is 6.31. The van der Waals surface area contributed by atoms with Crippen LogP contribution < -0.4 is 10.7 Å². The van der Waals surface area contributed by atoms with Gasteiger partial charge in [0.05, 0.1) is 22.2 Å². The Hall–Kier alpha value is -2.65. The SMILES string of the molecule is O=C(CNc1ccc(Cl)cc1)N/N=C\c1cc([N+](=O)[O-])cc(Br)c1O. The van der Waals surface area contributed by atoms with Crippen molar-refractivity contribution in [3.63, 3.8) is 0 Å². The molecule has 0 aromatic heterocycles. The lowest BCUT2D eigenvalue weighted by Gasteiger charge is -2.05. The number of nitrogens with one attached hydrogen (secondary N) is 2. The molecular formula is C15H12BrClN4O4. The van der Waals surface area contributed by atoms with Crippen LogP contribution in [0.2, 0.25) is 5.02 Å². The van der Waals surface area contributed by atoms with E-state index in [1.165, 1.54) is 6.07 Å². The number of carbonyl (C=O) groups excluding carboxylic acids is 1. The summed E-state index contributed by atoms with van der Waals surface area (Å²) in [6, 6.07) is 9.11. The molecule has 0 unspecified atom stereocenters. The summed E-state index contributed by atoms with van der Waals surface area (Å²) in [4.78, 5) is 21.9. The summed E-state index contributed by atoms with van der Waals surface area (Å²) in [6.45, 7) is -0.0381. The number of nitro groups is 1. The molecule has 0 radical (unpaired) electrons. The topological polar surface area (TPSA) is 117 Å². The summed E-state index contributed by atoms with van der Waals surface area (Å²) in [5.41, 5.74) is 2.84. The largest absolute Gasteiger partial charge is 0.506 e. The number of hydrogen-bond donors (Lipinski definition) is 3. The van der Waals surface area contributed by atoms with Crippen LogP contribution in [0.3, 0.4) is 0 Å². The molecule has 0 saturated carbocycles. The van der Waals surface area contributed by atoms with E-state index in [1.807, 2.05) is 0 Å². The molecule has 130 valence electrons. The molecule has 0 aliphatic carbocycles. The summed E-state index contributed by atoms with van der Waals surface area (Å²) < 4.78 is 0.152. The molecule has 2 rings (SSSR count). The molecule has 0 spiro atoms. The number of nitrogens with zero attached hydrogens (tertiary/aromatic N) is 2. The summed E-state index contributed by atoms with van der Waals surface area (Å²) >= 11 is 8.78. The smallest absolute Gasteiger partial charge is 0.271 e. The Labute approximate surface area is 155 Å². The van der Waals surface area contributed by atoms with Gasteiger partial charge in [0.2, 0.25) is 0 Å². The van der Waals surface area contributed by atoms with Crippen molar-refractivity contribution in [2.75, 3.05) is 11.9 Å². The zero-order valence-corrected chi connectivity index (χ0v) is 14.9. The normalized spacial score (nSPS) is 10.6. The zero-order chi connectivity index (χ0) is 18.4. The van der Waals surface area contributed by atoms with Crippen LogP contribution in [0, 0.1) is 10.1 Å². The minimum absolute atomic E-state index is 0.0381. The Balaban J connectivity index is 1.95. The van der Waals surface area contributed by atoms with Crippen LogP contribution in [0.15, 0.2) is 46.0 Å². The van der Waals surface area contributed by atoms with Crippen molar-refractivity contribution in [3.05, 3.63) is 61.6 Å². The predicted octanol–water partition coefficient (Wildman–Crippen LogP) is 3.28. The fourth-order valence-electron chi connectivity index (χ4n) is 1.77. The van der Waals surface area contributed by atoms with Gasteiger partial charge in [0.1, 0.15) is 5.75 Å². The third-order valence-corrected chi connectivity index (χ3v) is 3.84. The molecule has 1 amide bonds. The molecule has 25 heavy (non-hydrogen) atoms. The number of carbonyl (C=O) groups is 1. The summed E-state index contributed by atoms with van der Waals surface area (Å²) in [5.74, 6) is -0.655. The number of non-ortho nitro benzene ring substituents is 1. The highest BCUT2D eigenvalue weighted by molar-refractivity contribution is 9.10. The molecule has 0 aliphatic heterocycles. The van der Waals surface area contributed by atoms with E-state index < -0.39 is 10.8 Å². The monoisotopic (exact) mass is 426 g/mol. The molecule has 0 aliphatic rings. The van der Waals surface area contributed by atoms with Crippen molar-refractivity contribution in [1.82, 2.24) is 5.43 Å². The quantitative estimate of drug-likeness (QED) is 0.371. The number of anilines is 1. The van der Waals surface area contributed by atoms with E-state index in [1.54, 1.807) is 24.3 Å². The van der Waals surface area contributed by atoms with E-state index in [2.05, 4.69) is 31.8 Å². The number of hydrogen-bond acceptors (Lipinski definition) is 6. The van der Waals surface area contributed by atoms with Gasteiger partial charge in [-0.15, -0.1) is 0 Å². The van der Waals surface area contributed by atoms with Crippen molar-refractivity contribution in [2.24, 2.45) is 5.10 Å². The molecule has 0 saturated heterocycles. The summed E-state index contributed by atoms with van der Waals surface area (Å²) in [6.07, 6.45) is 1.12. The number of nitro benzene ring substituents is 1.